The Morgan fingerprint density at radius 3 is 1.44 bits per heavy atom. The maximum atomic E-state index is 3.66. The molecule has 2 heterocycles. The van der Waals surface area contributed by atoms with Gasteiger partial charge in [0.15, 0.2) is 0 Å². The van der Waals surface area contributed by atoms with E-state index < -0.39 is 0 Å². The van der Waals surface area contributed by atoms with Gasteiger partial charge in [0.05, 0.1) is 22.1 Å². The average Bonchev–Trinajstić information content (AvgIpc) is 3.47. The summed E-state index contributed by atoms with van der Waals surface area (Å²) in [6.07, 6.45) is 1.11. The summed E-state index contributed by atoms with van der Waals surface area (Å²) in [6.45, 7) is 16.4. The smallest absolute Gasteiger partial charge is 0.0548 e. The van der Waals surface area contributed by atoms with Gasteiger partial charge in [-0.3, -0.25) is 0 Å². The van der Waals surface area contributed by atoms with Gasteiger partial charge in [-0.1, -0.05) is 92.5 Å². The molecule has 7 rings (SSSR count). The van der Waals surface area contributed by atoms with Crippen LogP contribution in [0.1, 0.15) is 71.9 Å². The third-order valence-electron chi connectivity index (χ3n) is 9.27. The van der Waals surface area contributed by atoms with Crippen molar-refractivity contribution in [1.82, 2.24) is 9.13 Å². The van der Waals surface area contributed by atoms with Gasteiger partial charge >= 0.3 is 0 Å². The number of fused-ring (bicyclic) bond motifs is 6. The zero-order valence-corrected chi connectivity index (χ0v) is 30.3. The average molecular weight is 721 g/mol. The number of aromatic nitrogens is 2. The first-order valence-corrected chi connectivity index (χ1v) is 17.5. The van der Waals surface area contributed by atoms with Gasteiger partial charge in [-0.2, -0.15) is 0 Å². The first kappa shape index (κ1) is 30.3. The fourth-order valence-electron chi connectivity index (χ4n) is 7.49. The third kappa shape index (κ3) is 5.34. The van der Waals surface area contributed by atoms with Crippen LogP contribution in [0.25, 0.3) is 55.0 Å². The molecule has 4 heteroatoms. The van der Waals surface area contributed by atoms with Gasteiger partial charge in [-0.25, -0.2) is 0 Å². The zero-order valence-electron chi connectivity index (χ0n) is 27.2. The van der Waals surface area contributed by atoms with E-state index in [2.05, 4.69) is 187 Å². The lowest BCUT2D eigenvalue weighted by molar-refractivity contribution is 0.284. The fourth-order valence-corrected chi connectivity index (χ4v) is 8.02. The molecule has 0 aliphatic carbocycles. The molecule has 0 amide bonds. The molecule has 7 aromatic rings. The number of rotatable bonds is 5. The highest BCUT2D eigenvalue weighted by molar-refractivity contribution is 9.10. The summed E-state index contributed by atoms with van der Waals surface area (Å²) in [5, 5.41) is 5.14. The van der Waals surface area contributed by atoms with Crippen molar-refractivity contribution >= 4 is 75.5 Å². The molecule has 0 unspecified atom stereocenters. The zero-order chi connectivity index (χ0) is 31.8. The summed E-state index contributed by atoms with van der Waals surface area (Å²) >= 11 is 7.30. The van der Waals surface area contributed by atoms with E-state index in [1.54, 1.807) is 0 Å². The van der Waals surface area contributed by atoms with Crippen LogP contribution in [0.3, 0.4) is 0 Å². The van der Waals surface area contributed by atoms with Gasteiger partial charge in [-0.05, 0) is 119 Å². The van der Waals surface area contributed by atoms with Gasteiger partial charge in [0.1, 0.15) is 0 Å². The van der Waals surface area contributed by atoms with E-state index >= 15 is 0 Å². The normalized spacial score (nSPS) is 12.8. The Bertz CT molecular complexity index is 2220. The Morgan fingerprint density at radius 1 is 0.533 bits per heavy atom. The molecule has 0 aliphatic heterocycles. The summed E-state index contributed by atoms with van der Waals surface area (Å²) in [6, 6.07) is 36.5. The molecule has 0 radical (unpaired) electrons. The highest BCUT2D eigenvalue weighted by Gasteiger charge is 2.28. The largest absolute Gasteiger partial charge is 0.309 e. The topological polar surface area (TPSA) is 9.86 Å². The minimum absolute atomic E-state index is 0.0438. The second kappa shape index (κ2) is 10.9. The summed E-state index contributed by atoms with van der Waals surface area (Å²) in [4.78, 5) is 0. The van der Waals surface area contributed by atoms with Crippen molar-refractivity contribution in [2.24, 2.45) is 5.41 Å². The van der Waals surface area contributed by atoms with Crippen LogP contribution in [0.2, 0.25) is 0 Å². The summed E-state index contributed by atoms with van der Waals surface area (Å²) in [5.41, 5.74) is 10.3. The molecule has 5 aromatic carbocycles. The lowest BCUT2D eigenvalue weighted by Gasteiger charge is -2.33. The van der Waals surface area contributed by atoms with Crippen LogP contribution in [0.4, 0.5) is 0 Å². The molecule has 0 spiro atoms. The second-order valence-corrected chi connectivity index (χ2v) is 16.6. The molecule has 228 valence electrons. The quantitative estimate of drug-likeness (QED) is 0.168. The van der Waals surface area contributed by atoms with E-state index in [1.807, 2.05) is 0 Å². The molecule has 2 aromatic heterocycles. The molecule has 2 nitrogen and oxygen atoms in total. The molecule has 0 saturated carbocycles. The van der Waals surface area contributed by atoms with Crippen molar-refractivity contribution in [3.8, 4) is 11.4 Å². The van der Waals surface area contributed by atoms with Gasteiger partial charge in [-0.15, -0.1) is 0 Å². The maximum absolute atomic E-state index is 3.66. The highest BCUT2D eigenvalue weighted by atomic mass is 79.9. The van der Waals surface area contributed by atoms with Gasteiger partial charge in [0, 0.05) is 41.9 Å². The number of hydrogen-bond acceptors (Lipinski definition) is 0. The van der Waals surface area contributed by atoms with E-state index in [9.17, 15) is 0 Å². The van der Waals surface area contributed by atoms with Crippen LogP contribution in [0.15, 0.2) is 106 Å². The summed E-state index contributed by atoms with van der Waals surface area (Å²) in [7, 11) is 0. The minimum atomic E-state index is 0.0438. The molecular formula is C41H40Br2N2. The van der Waals surface area contributed by atoms with Crippen LogP contribution in [0.5, 0.6) is 0 Å². The van der Waals surface area contributed by atoms with Crippen molar-refractivity contribution in [3.05, 3.63) is 117 Å². The van der Waals surface area contributed by atoms with Crippen molar-refractivity contribution < 1.29 is 0 Å². The molecule has 0 saturated heterocycles. The van der Waals surface area contributed by atoms with E-state index in [-0.39, 0.29) is 10.8 Å². The van der Waals surface area contributed by atoms with Gasteiger partial charge in [0.25, 0.3) is 0 Å². The van der Waals surface area contributed by atoms with Crippen LogP contribution in [0, 0.1) is 5.41 Å². The van der Waals surface area contributed by atoms with E-state index in [0.29, 0.717) is 5.92 Å². The van der Waals surface area contributed by atoms with Gasteiger partial charge in [0.2, 0.25) is 0 Å². The van der Waals surface area contributed by atoms with E-state index in [1.165, 1.54) is 66.1 Å². The summed E-state index contributed by atoms with van der Waals surface area (Å²) < 4.78 is 7.06. The Balaban J connectivity index is 1.62. The van der Waals surface area contributed by atoms with Crippen LogP contribution >= 0.6 is 31.9 Å². The Morgan fingerprint density at radius 2 is 0.978 bits per heavy atom. The second-order valence-electron chi connectivity index (χ2n) is 14.8. The first-order chi connectivity index (χ1) is 21.3. The molecule has 0 fully saturated rings. The Hall–Kier alpha value is -3.34. The summed E-state index contributed by atoms with van der Waals surface area (Å²) in [5.74, 6) is 0.452. The SMILES string of the molecule is CC(C)c1ccc2c(c1)c1cc3c(cc1n2-c1ccc(Br)cc1)c1cc(C(C)(C)CC(C)(C)C)ccc1n3-c1ccc(Br)cc1. The lowest BCUT2D eigenvalue weighted by atomic mass is 9.72. The number of halogens is 2. The van der Waals surface area contributed by atoms with Crippen LogP contribution < -0.4 is 0 Å². The number of benzene rings is 5. The molecule has 45 heavy (non-hydrogen) atoms. The van der Waals surface area contributed by atoms with Crippen molar-refractivity contribution in [1.29, 1.82) is 0 Å². The predicted molar refractivity (Wildman–Crippen MR) is 202 cm³/mol. The maximum Gasteiger partial charge on any atom is 0.0548 e. The molecule has 0 atom stereocenters. The molecule has 0 N–H and O–H groups in total. The standard InChI is InChI=1S/C41H40Br2N2/c1-25(2)26-8-18-36-32(20-26)34-22-39-35(23-38(34)44(36)30-14-10-28(42)11-15-30)33-21-27(41(6,7)24-40(3,4)5)9-19-37(33)45(39)31-16-12-29(43)13-17-31/h8-23,25H,24H2,1-7H3. The van der Waals surface area contributed by atoms with Crippen molar-refractivity contribution in [3.63, 3.8) is 0 Å². The minimum Gasteiger partial charge on any atom is -0.309 e. The molecule has 0 bridgehead atoms. The van der Waals surface area contributed by atoms with Crippen molar-refractivity contribution in [2.75, 3.05) is 0 Å². The first-order valence-electron chi connectivity index (χ1n) is 15.9. The van der Waals surface area contributed by atoms with Crippen LogP contribution in [-0.2, 0) is 5.41 Å². The molecular weight excluding hydrogens is 680 g/mol. The Kier molecular flexibility index (Phi) is 7.33. The van der Waals surface area contributed by atoms with Crippen molar-refractivity contribution in [2.45, 2.75) is 66.2 Å². The number of nitrogens with zero attached hydrogens (tertiary/aromatic N) is 2. The molecule has 0 aliphatic rings. The fraction of sp³-hybridized carbons (Fsp3) is 0.268. The third-order valence-corrected chi connectivity index (χ3v) is 10.3. The van der Waals surface area contributed by atoms with E-state index in [4.69, 9.17) is 0 Å². The van der Waals surface area contributed by atoms with E-state index in [0.717, 1.165) is 15.4 Å². The monoisotopic (exact) mass is 718 g/mol. The Labute approximate surface area is 283 Å². The van der Waals surface area contributed by atoms with Gasteiger partial charge < -0.3 is 9.13 Å². The predicted octanol–water partition coefficient (Wildman–Crippen LogP) is 13.2. The lowest BCUT2D eigenvalue weighted by Crippen LogP contribution is -2.24. The number of hydrogen-bond donors (Lipinski definition) is 0. The van der Waals surface area contributed by atoms with Crippen LogP contribution in [-0.4, -0.2) is 9.13 Å². The highest BCUT2D eigenvalue weighted by Crippen LogP contribution is 2.43.